The fourth-order valence-electron chi connectivity index (χ4n) is 5.77. The third-order valence-electron chi connectivity index (χ3n) is 8.89. The van der Waals surface area contributed by atoms with E-state index in [2.05, 4.69) is 31.5 Å². The molecule has 4 rings (SSSR count). The molecule has 4 N–H and O–H groups in total. The van der Waals surface area contributed by atoms with Gasteiger partial charge in [0, 0.05) is 19.2 Å². The van der Waals surface area contributed by atoms with Crippen molar-refractivity contribution in [3.05, 3.63) is 83.2 Å². The molecule has 0 spiro atoms. The third kappa shape index (κ3) is 15.8. The molecule has 346 valence electrons. The first-order chi connectivity index (χ1) is 30.5. The minimum atomic E-state index is -1.53. The number of amides is 4. The Morgan fingerprint density at radius 2 is 1.20 bits per heavy atom. The topological polar surface area (TPSA) is 251 Å². The van der Waals surface area contributed by atoms with Gasteiger partial charge in [-0.1, -0.05) is 24.3 Å². The summed E-state index contributed by atoms with van der Waals surface area (Å²) in [7, 11) is 5.82. The van der Waals surface area contributed by atoms with Crippen LogP contribution in [0.2, 0.25) is 0 Å². The van der Waals surface area contributed by atoms with Crippen LogP contribution in [0.3, 0.4) is 0 Å². The standard InChI is InChI=1S/C43H56N8O13/c1-27(44-41(56)33-22-35(46-37(52)26-63-20-19-62-18-17-58-5)48-50(33)24-28-9-13-30(59-6)14-10-28)39(54)45-32(21-38(53)64-43(2,3)4)40(55)47-36-23-34(42(57)61-8)51(49-36)25-29-11-15-31(60-7)16-12-29/h9-16,22-23,27,32H,17-21,24-26H2,1-8H3,(H,44,56)(H,45,54)(H,46,48,52)(H,47,49,55)/t27-,32-/m0/s1. The summed E-state index contributed by atoms with van der Waals surface area (Å²) in [5.74, 6) is -3.32. The molecule has 0 unspecified atom stereocenters. The van der Waals surface area contributed by atoms with Gasteiger partial charge in [-0.05, 0) is 63.1 Å². The van der Waals surface area contributed by atoms with Gasteiger partial charge >= 0.3 is 11.9 Å². The van der Waals surface area contributed by atoms with Crippen LogP contribution >= 0.6 is 0 Å². The smallest absolute Gasteiger partial charge is 0.356 e. The Labute approximate surface area is 370 Å². The van der Waals surface area contributed by atoms with Gasteiger partial charge in [-0.25, -0.2) is 4.79 Å². The van der Waals surface area contributed by atoms with Crippen LogP contribution in [0.25, 0.3) is 0 Å². The monoisotopic (exact) mass is 892 g/mol. The SMILES string of the molecule is COCCOCCOCC(=O)Nc1cc(C(=O)N[C@@H](C)C(=O)N[C@@H](CC(=O)OC(C)(C)C)C(=O)Nc2cc(C(=O)OC)n(Cc3ccc(OC)cc3)n2)n(Cc2ccc(OC)cc2)n1. The van der Waals surface area contributed by atoms with Crippen molar-refractivity contribution in [2.45, 2.75) is 64.9 Å². The number of carbonyl (C=O) groups excluding carboxylic acids is 6. The van der Waals surface area contributed by atoms with Crippen molar-refractivity contribution in [1.82, 2.24) is 30.2 Å². The Morgan fingerprint density at radius 3 is 1.75 bits per heavy atom. The fraction of sp³-hybridized carbons (Fsp3) is 0.442. The maximum absolute atomic E-state index is 13.8. The van der Waals surface area contributed by atoms with Gasteiger partial charge in [0.1, 0.15) is 47.2 Å². The first-order valence-electron chi connectivity index (χ1n) is 20.1. The van der Waals surface area contributed by atoms with E-state index in [4.69, 9.17) is 33.2 Å². The lowest BCUT2D eigenvalue weighted by molar-refractivity contribution is -0.156. The molecule has 64 heavy (non-hydrogen) atoms. The van der Waals surface area contributed by atoms with Gasteiger partial charge in [-0.3, -0.25) is 33.3 Å². The van der Waals surface area contributed by atoms with Crippen molar-refractivity contribution in [2.24, 2.45) is 0 Å². The van der Waals surface area contributed by atoms with E-state index < -0.39 is 59.7 Å². The molecule has 2 aromatic carbocycles. The molecule has 0 aliphatic carbocycles. The van der Waals surface area contributed by atoms with Crippen molar-refractivity contribution in [3.63, 3.8) is 0 Å². The van der Waals surface area contributed by atoms with E-state index in [9.17, 15) is 28.8 Å². The fourth-order valence-corrected chi connectivity index (χ4v) is 5.77. The minimum Gasteiger partial charge on any atom is -0.497 e. The summed E-state index contributed by atoms with van der Waals surface area (Å²) in [4.78, 5) is 79.8. The number of nitrogens with zero attached hydrogens (tertiary/aromatic N) is 4. The summed E-state index contributed by atoms with van der Waals surface area (Å²) in [5, 5.41) is 19.1. The molecule has 0 fully saturated rings. The Balaban J connectivity index is 1.51. The number of rotatable bonds is 24. The summed E-state index contributed by atoms with van der Waals surface area (Å²) in [5.41, 5.74) is 0.563. The number of anilines is 2. The molecule has 0 bridgehead atoms. The highest BCUT2D eigenvalue weighted by Gasteiger charge is 2.31. The quantitative estimate of drug-likeness (QED) is 0.0583. The second kappa shape index (κ2) is 24.1. The van der Waals surface area contributed by atoms with Gasteiger partial charge in [0.05, 0.1) is 67.3 Å². The molecule has 2 aromatic heterocycles. The molecule has 21 nitrogen and oxygen atoms in total. The Hall–Kier alpha value is -6.84. The molecule has 0 saturated heterocycles. The Bertz CT molecular complexity index is 2200. The highest BCUT2D eigenvalue weighted by molar-refractivity contribution is 6.02. The largest absolute Gasteiger partial charge is 0.497 e. The normalized spacial score (nSPS) is 12.1. The molecule has 0 aliphatic rings. The first-order valence-corrected chi connectivity index (χ1v) is 20.1. The predicted molar refractivity (Wildman–Crippen MR) is 230 cm³/mol. The van der Waals surface area contributed by atoms with Crippen LogP contribution in [-0.4, -0.2) is 134 Å². The van der Waals surface area contributed by atoms with Crippen LogP contribution in [0, 0.1) is 0 Å². The number of aromatic nitrogens is 4. The average molecular weight is 893 g/mol. The lowest BCUT2D eigenvalue weighted by Crippen LogP contribution is -2.52. The zero-order chi connectivity index (χ0) is 46.8. The summed E-state index contributed by atoms with van der Waals surface area (Å²) in [6.45, 7) is 7.42. The molecule has 0 aliphatic heterocycles. The number of esters is 2. The van der Waals surface area contributed by atoms with Gasteiger partial charge in [0.25, 0.3) is 11.8 Å². The molecule has 0 saturated carbocycles. The average Bonchev–Trinajstić information content (AvgIpc) is 3.85. The summed E-state index contributed by atoms with van der Waals surface area (Å²) >= 11 is 0. The Morgan fingerprint density at radius 1 is 0.672 bits per heavy atom. The molecule has 4 amide bonds. The number of methoxy groups -OCH3 is 4. The molecular formula is C43H56N8O13. The number of nitrogens with one attached hydrogen (secondary N) is 4. The lowest BCUT2D eigenvalue weighted by atomic mass is 10.1. The second-order valence-electron chi connectivity index (χ2n) is 15.1. The summed E-state index contributed by atoms with van der Waals surface area (Å²) in [6, 6.07) is 13.9. The van der Waals surface area contributed by atoms with Crippen molar-refractivity contribution in [2.75, 3.05) is 72.1 Å². The number of hydrogen-bond acceptors (Lipinski definition) is 15. The van der Waals surface area contributed by atoms with Gasteiger partial charge in [-0.2, -0.15) is 10.2 Å². The third-order valence-corrected chi connectivity index (χ3v) is 8.89. The molecule has 2 heterocycles. The second-order valence-corrected chi connectivity index (χ2v) is 15.1. The van der Waals surface area contributed by atoms with Gasteiger partial charge in [0.15, 0.2) is 11.6 Å². The van der Waals surface area contributed by atoms with E-state index >= 15 is 0 Å². The summed E-state index contributed by atoms with van der Waals surface area (Å²) in [6.07, 6.45) is -0.603. The lowest BCUT2D eigenvalue weighted by Gasteiger charge is -2.23. The van der Waals surface area contributed by atoms with E-state index in [0.717, 1.165) is 11.1 Å². The summed E-state index contributed by atoms with van der Waals surface area (Å²) < 4.78 is 39.1. The zero-order valence-electron chi connectivity index (χ0n) is 37.2. The van der Waals surface area contributed by atoms with E-state index in [1.54, 1.807) is 76.4 Å². The number of ether oxygens (including phenoxy) is 7. The number of benzene rings is 2. The van der Waals surface area contributed by atoms with Crippen LogP contribution < -0.4 is 30.7 Å². The minimum absolute atomic E-state index is 0.0134. The van der Waals surface area contributed by atoms with Crippen molar-refractivity contribution < 1.29 is 61.9 Å². The number of hydrogen-bond donors (Lipinski definition) is 4. The highest BCUT2D eigenvalue weighted by Crippen LogP contribution is 2.19. The van der Waals surface area contributed by atoms with Crippen molar-refractivity contribution in [3.8, 4) is 11.5 Å². The molecular weight excluding hydrogens is 837 g/mol. The zero-order valence-corrected chi connectivity index (χ0v) is 37.2. The van der Waals surface area contributed by atoms with E-state index in [1.807, 2.05) is 0 Å². The highest BCUT2D eigenvalue weighted by atomic mass is 16.6. The molecule has 21 heteroatoms. The first kappa shape index (κ1) is 49.8. The van der Waals surface area contributed by atoms with E-state index in [-0.39, 0.29) is 55.9 Å². The van der Waals surface area contributed by atoms with Gasteiger partial charge in [-0.15, -0.1) is 0 Å². The molecule has 4 aromatic rings. The molecule has 2 atom stereocenters. The van der Waals surface area contributed by atoms with Crippen molar-refractivity contribution >= 4 is 47.2 Å². The van der Waals surface area contributed by atoms with Crippen LogP contribution in [0.15, 0.2) is 60.7 Å². The maximum atomic E-state index is 13.8. The Kier molecular flexibility index (Phi) is 18.8. The maximum Gasteiger partial charge on any atom is 0.356 e. The van der Waals surface area contributed by atoms with Crippen LogP contribution in [-0.2, 0) is 56.0 Å². The van der Waals surface area contributed by atoms with Crippen LogP contribution in [0.1, 0.15) is 66.2 Å². The van der Waals surface area contributed by atoms with Crippen LogP contribution in [0.4, 0.5) is 11.6 Å². The van der Waals surface area contributed by atoms with Crippen molar-refractivity contribution in [1.29, 1.82) is 0 Å². The predicted octanol–water partition coefficient (Wildman–Crippen LogP) is 2.57. The van der Waals surface area contributed by atoms with Gasteiger partial charge < -0.3 is 54.4 Å². The van der Waals surface area contributed by atoms with E-state index in [1.165, 1.54) is 49.7 Å². The van der Waals surface area contributed by atoms with Gasteiger partial charge in [0.2, 0.25) is 11.8 Å². The van der Waals surface area contributed by atoms with Crippen LogP contribution in [0.5, 0.6) is 11.5 Å². The molecule has 0 radical (unpaired) electrons. The number of carbonyl (C=O) groups is 6. The van der Waals surface area contributed by atoms with E-state index in [0.29, 0.717) is 24.7 Å².